The molecule has 0 aliphatic carbocycles. The van der Waals surface area contributed by atoms with Gasteiger partial charge in [-0.05, 0) is 49.4 Å². The lowest BCUT2D eigenvalue weighted by molar-refractivity contribution is -0.119. The number of aromatic nitrogens is 3. The molecule has 1 heterocycles. The molecule has 4 rings (SSSR count). The molecule has 0 spiro atoms. The molecule has 0 aliphatic heterocycles. The van der Waals surface area contributed by atoms with Crippen molar-refractivity contribution >= 4 is 17.7 Å². The lowest BCUT2D eigenvalue weighted by atomic mass is 10.1. The molecule has 8 heteroatoms. The molecule has 6 nitrogen and oxygen atoms in total. The maximum absolute atomic E-state index is 13.4. The van der Waals surface area contributed by atoms with Crippen molar-refractivity contribution in [2.75, 3.05) is 12.9 Å². The van der Waals surface area contributed by atoms with Crippen LogP contribution in [0.2, 0.25) is 0 Å². The first kappa shape index (κ1) is 22.5. The zero-order valence-electron chi connectivity index (χ0n) is 18.2. The van der Waals surface area contributed by atoms with Gasteiger partial charge in [0, 0.05) is 16.8 Å². The topological polar surface area (TPSA) is 69.0 Å². The maximum atomic E-state index is 13.4. The molecule has 1 atom stereocenters. The molecule has 1 amide bonds. The minimum absolute atomic E-state index is 0.135. The van der Waals surface area contributed by atoms with E-state index in [0.717, 1.165) is 22.6 Å². The monoisotopic (exact) mass is 462 g/mol. The van der Waals surface area contributed by atoms with Crippen molar-refractivity contribution in [1.82, 2.24) is 20.1 Å². The largest absolute Gasteiger partial charge is 0.496 e. The van der Waals surface area contributed by atoms with Gasteiger partial charge < -0.3 is 10.1 Å². The number of benzene rings is 3. The van der Waals surface area contributed by atoms with Crippen LogP contribution in [0, 0.1) is 5.82 Å². The number of thioether (sulfide) groups is 1. The van der Waals surface area contributed by atoms with Crippen LogP contribution in [-0.2, 0) is 4.79 Å². The number of hydrogen-bond donors (Lipinski definition) is 1. The van der Waals surface area contributed by atoms with E-state index in [0.29, 0.717) is 11.0 Å². The minimum atomic E-state index is -0.319. The molecule has 0 saturated heterocycles. The molecule has 1 N–H and O–H groups in total. The van der Waals surface area contributed by atoms with E-state index in [-0.39, 0.29) is 23.5 Å². The van der Waals surface area contributed by atoms with Crippen LogP contribution in [-0.4, -0.2) is 33.5 Å². The Morgan fingerprint density at radius 1 is 1.03 bits per heavy atom. The van der Waals surface area contributed by atoms with Gasteiger partial charge >= 0.3 is 0 Å². The molecular formula is C25H23FN4O2S. The van der Waals surface area contributed by atoms with E-state index in [4.69, 9.17) is 4.74 Å². The highest BCUT2D eigenvalue weighted by molar-refractivity contribution is 7.99. The second-order valence-electron chi connectivity index (χ2n) is 7.30. The molecule has 3 aromatic carbocycles. The van der Waals surface area contributed by atoms with Gasteiger partial charge in [0.05, 0.1) is 18.9 Å². The van der Waals surface area contributed by atoms with Crippen LogP contribution in [0.1, 0.15) is 18.5 Å². The van der Waals surface area contributed by atoms with Crippen molar-refractivity contribution in [3.63, 3.8) is 0 Å². The predicted octanol–water partition coefficient (Wildman–Crippen LogP) is 5.05. The molecule has 0 bridgehead atoms. The van der Waals surface area contributed by atoms with Crippen molar-refractivity contribution in [2.45, 2.75) is 18.1 Å². The summed E-state index contributed by atoms with van der Waals surface area (Å²) in [5.41, 5.74) is 2.49. The Morgan fingerprint density at radius 2 is 1.73 bits per heavy atom. The van der Waals surface area contributed by atoms with E-state index in [1.807, 2.05) is 66.1 Å². The summed E-state index contributed by atoms with van der Waals surface area (Å²) in [6.07, 6.45) is 0. The molecule has 33 heavy (non-hydrogen) atoms. The number of halogens is 1. The van der Waals surface area contributed by atoms with Crippen LogP contribution in [0.3, 0.4) is 0 Å². The van der Waals surface area contributed by atoms with Crippen LogP contribution >= 0.6 is 11.8 Å². The smallest absolute Gasteiger partial charge is 0.230 e. The number of hydrogen-bond acceptors (Lipinski definition) is 5. The second kappa shape index (κ2) is 10.3. The summed E-state index contributed by atoms with van der Waals surface area (Å²) in [7, 11) is 1.61. The summed E-state index contributed by atoms with van der Waals surface area (Å²) >= 11 is 1.29. The predicted molar refractivity (Wildman–Crippen MR) is 127 cm³/mol. The number of nitrogens with one attached hydrogen (secondary N) is 1. The van der Waals surface area contributed by atoms with Crippen molar-refractivity contribution < 1.29 is 13.9 Å². The molecule has 1 unspecified atom stereocenters. The summed E-state index contributed by atoms with van der Waals surface area (Å²) < 4.78 is 20.7. The van der Waals surface area contributed by atoms with E-state index in [1.165, 1.54) is 23.9 Å². The van der Waals surface area contributed by atoms with Crippen LogP contribution < -0.4 is 10.1 Å². The quantitative estimate of drug-likeness (QED) is 0.371. The van der Waals surface area contributed by atoms with E-state index >= 15 is 0 Å². The fourth-order valence-corrected chi connectivity index (χ4v) is 4.24. The van der Waals surface area contributed by atoms with Crippen molar-refractivity contribution in [2.24, 2.45) is 0 Å². The number of para-hydroxylation sites is 2. The zero-order valence-corrected chi connectivity index (χ0v) is 19.1. The molecular weight excluding hydrogens is 439 g/mol. The lowest BCUT2D eigenvalue weighted by Crippen LogP contribution is -2.28. The number of ether oxygens (including phenoxy) is 1. The average molecular weight is 463 g/mol. The van der Waals surface area contributed by atoms with E-state index in [1.54, 1.807) is 19.2 Å². The molecule has 0 fully saturated rings. The number of carbonyl (C=O) groups excluding carboxylic acids is 1. The van der Waals surface area contributed by atoms with Gasteiger partial charge in [-0.25, -0.2) is 4.39 Å². The third-order valence-electron chi connectivity index (χ3n) is 5.07. The second-order valence-corrected chi connectivity index (χ2v) is 8.25. The molecule has 4 aromatic rings. The number of amides is 1. The van der Waals surface area contributed by atoms with Crippen molar-refractivity contribution in [1.29, 1.82) is 0 Å². The first-order valence-electron chi connectivity index (χ1n) is 10.4. The third-order valence-corrected chi connectivity index (χ3v) is 5.99. The summed E-state index contributed by atoms with van der Waals surface area (Å²) in [6, 6.07) is 23.1. The van der Waals surface area contributed by atoms with Crippen LogP contribution in [0.25, 0.3) is 17.1 Å². The SMILES string of the molecule is COc1ccccc1C(C)NC(=O)CSc1nnc(-c2ccc(F)cc2)n1-c1ccccc1. The highest BCUT2D eigenvalue weighted by Crippen LogP contribution is 2.29. The molecule has 168 valence electrons. The van der Waals surface area contributed by atoms with Crippen LogP contribution in [0.5, 0.6) is 5.75 Å². The van der Waals surface area contributed by atoms with Gasteiger partial charge in [-0.1, -0.05) is 48.2 Å². The van der Waals surface area contributed by atoms with Gasteiger partial charge in [-0.3, -0.25) is 9.36 Å². The van der Waals surface area contributed by atoms with E-state index < -0.39 is 0 Å². The number of methoxy groups -OCH3 is 1. The fraction of sp³-hybridized carbons (Fsp3) is 0.160. The third kappa shape index (κ3) is 5.23. The fourth-order valence-electron chi connectivity index (χ4n) is 3.47. The Bertz CT molecular complexity index is 1230. The Labute approximate surface area is 195 Å². The van der Waals surface area contributed by atoms with Gasteiger partial charge in [0.1, 0.15) is 11.6 Å². The number of carbonyl (C=O) groups is 1. The maximum Gasteiger partial charge on any atom is 0.230 e. The summed E-state index contributed by atoms with van der Waals surface area (Å²) in [5.74, 6) is 1.01. The average Bonchev–Trinajstić information content (AvgIpc) is 3.27. The van der Waals surface area contributed by atoms with Crippen molar-refractivity contribution in [3.8, 4) is 22.8 Å². The van der Waals surface area contributed by atoms with Gasteiger partial charge in [-0.2, -0.15) is 0 Å². The summed E-state index contributed by atoms with van der Waals surface area (Å²) in [6.45, 7) is 1.92. The highest BCUT2D eigenvalue weighted by atomic mass is 32.2. The van der Waals surface area contributed by atoms with Gasteiger partial charge in [0.15, 0.2) is 11.0 Å². The van der Waals surface area contributed by atoms with Gasteiger partial charge in [0.25, 0.3) is 0 Å². The first-order chi connectivity index (χ1) is 16.1. The Balaban J connectivity index is 1.53. The normalized spacial score (nSPS) is 11.7. The van der Waals surface area contributed by atoms with Gasteiger partial charge in [-0.15, -0.1) is 10.2 Å². The summed E-state index contributed by atoms with van der Waals surface area (Å²) in [5, 5.41) is 12.2. The standard InChI is InChI=1S/C25H23FN4O2S/c1-17(21-10-6-7-11-22(21)32-2)27-23(31)16-33-25-29-28-24(18-12-14-19(26)15-13-18)30(25)20-8-4-3-5-9-20/h3-15,17H,16H2,1-2H3,(H,27,31). The number of nitrogens with zero attached hydrogens (tertiary/aromatic N) is 3. The lowest BCUT2D eigenvalue weighted by Gasteiger charge is -2.17. The molecule has 0 saturated carbocycles. The van der Waals surface area contributed by atoms with E-state index in [9.17, 15) is 9.18 Å². The molecule has 0 aliphatic rings. The Kier molecular flexibility index (Phi) is 7.04. The van der Waals surface area contributed by atoms with Crippen LogP contribution in [0.15, 0.2) is 84.0 Å². The molecule has 1 aromatic heterocycles. The molecule has 0 radical (unpaired) electrons. The van der Waals surface area contributed by atoms with Crippen molar-refractivity contribution in [3.05, 3.63) is 90.2 Å². The number of rotatable bonds is 8. The van der Waals surface area contributed by atoms with Gasteiger partial charge in [0.2, 0.25) is 5.91 Å². The summed E-state index contributed by atoms with van der Waals surface area (Å²) in [4.78, 5) is 12.7. The Morgan fingerprint density at radius 3 is 2.45 bits per heavy atom. The highest BCUT2D eigenvalue weighted by Gasteiger charge is 2.19. The zero-order chi connectivity index (χ0) is 23.2. The minimum Gasteiger partial charge on any atom is -0.496 e. The Hall–Kier alpha value is -3.65. The van der Waals surface area contributed by atoms with E-state index in [2.05, 4.69) is 15.5 Å². The first-order valence-corrected chi connectivity index (χ1v) is 11.4. The van der Waals surface area contributed by atoms with Crippen LogP contribution in [0.4, 0.5) is 4.39 Å².